The van der Waals surface area contributed by atoms with Gasteiger partial charge in [-0.15, -0.1) is 0 Å². The van der Waals surface area contributed by atoms with Crippen LogP contribution in [0.25, 0.3) is 0 Å². The SMILES string of the molecule is CC(C)[C@H](NC(=O)c1ccc(F)cc1)C(=O)NNC(=O)c1ccc([N+](=O)[O-])cc1. The van der Waals surface area contributed by atoms with Crippen LogP contribution < -0.4 is 16.2 Å². The Morgan fingerprint density at radius 2 is 1.41 bits per heavy atom. The van der Waals surface area contributed by atoms with Gasteiger partial charge in [-0.25, -0.2) is 4.39 Å². The van der Waals surface area contributed by atoms with E-state index in [0.29, 0.717) is 0 Å². The van der Waals surface area contributed by atoms with Crippen LogP contribution in [-0.2, 0) is 4.79 Å². The van der Waals surface area contributed by atoms with Crippen LogP contribution in [0.4, 0.5) is 10.1 Å². The second-order valence-corrected chi connectivity index (χ2v) is 6.45. The Bertz CT molecular complexity index is 913. The summed E-state index contributed by atoms with van der Waals surface area (Å²) >= 11 is 0. The van der Waals surface area contributed by atoms with Crippen molar-refractivity contribution in [2.45, 2.75) is 19.9 Å². The van der Waals surface area contributed by atoms with Crippen molar-refractivity contribution in [1.82, 2.24) is 16.2 Å². The van der Waals surface area contributed by atoms with Gasteiger partial charge in [-0.05, 0) is 42.3 Å². The molecule has 2 rings (SSSR count). The number of hydrogen-bond acceptors (Lipinski definition) is 5. The first-order chi connectivity index (χ1) is 13.7. The maximum absolute atomic E-state index is 13.0. The van der Waals surface area contributed by atoms with E-state index in [1.165, 1.54) is 24.3 Å². The van der Waals surface area contributed by atoms with Crippen molar-refractivity contribution in [1.29, 1.82) is 0 Å². The summed E-state index contributed by atoms with van der Waals surface area (Å²) in [7, 11) is 0. The number of nitro benzene ring substituents is 1. The van der Waals surface area contributed by atoms with Gasteiger partial charge in [0, 0.05) is 23.3 Å². The molecule has 1 atom stereocenters. The van der Waals surface area contributed by atoms with Gasteiger partial charge in [0.25, 0.3) is 23.4 Å². The summed E-state index contributed by atoms with van der Waals surface area (Å²) in [6.45, 7) is 3.40. The van der Waals surface area contributed by atoms with Crippen molar-refractivity contribution >= 4 is 23.4 Å². The van der Waals surface area contributed by atoms with Gasteiger partial charge in [-0.2, -0.15) is 0 Å². The number of hydrogen-bond donors (Lipinski definition) is 3. The number of nitrogens with zero attached hydrogens (tertiary/aromatic N) is 1. The molecule has 2 aromatic carbocycles. The summed E-state index contributed by atoms with van der Waals surface area (Å²) in [5.41, 5.74) is 4.52. The molecular weight excluding hydrogens is 383 g/mol. The quantitative estimate of drug-likeness (QED) is 0.502. The van der Waals surface area contributed by atoms with Crippen LogP contribution in [0.3, 0.4) is 0 Å². The molecule has 0 heterocycles. The van der Waals surface area contributed by atoms with Crippen LogP contribution in [0, 0.1) is 21.8 Å². The Morgan fingerprint density at radius 1 is 0.897 bits per heavy atom. The van der Waals surface area contributed by atoms with E-state index in [2.05, 4.69) is 16.2 Å². The molecule has 152 valence electrons. The Kier molecular flexibility index (Phi) is 6.96. The number of amides is 3. The summed E-state index contributed by atoms with van der Waals surface area (Å²) in [4.78, 5) is 46.8. The molecule has 2 aromatic rings. The van der Waals surface area contributed by atoms with Crippen LogP contribution in [0.2, 0.25) is 0 Å². The van der Waals surface area contributed by atoms with Crippen LogP contribution in [-0.4, -0.2) is 28.7 Å². The van der Waals surface area contributed by atoms with Crippen molar-refractivity contribution in [2.75, 3.05) is 0 Å². The van der Waals surface area contributed by atoms with Gasteiger partial charge in [0.05, 0.1) is 4.92 Å². The van der Waals surface area contributed by atoms with Gasteiger partial charge in [0.15, 0.2) is 0 Å². The van der Waals surface area contributed by atoms with Crippen LogP contribution >= 0.6 is 0 Å². The monoisotopic (exact) mass is 402 g/mol. The molecule has 0 aliphatic heterocycles. The molecule has 0 fully saturated rings. The summed E-state index contributed by atoms with van der Waals surface area (Å²) in [6, 6.07) is 8.68. The Labute approximate surface area is 165 Å². The molecule has 0 aliphatic carbocycles. The minimum absolute atomic E-state index is 0.104. The Morgan fingerprint density at radius 3 is 1.93 bits per heavy atom. The normalized spacial score (nSPS) is 11.4. The summed E-state index contributed by atoms with van der Waals surface area (Å²) in [5.74, 6) is -2.71. The lowest BCUT2D eigenvalue weighted by Gasteiger charge is -2.22. The third-order valence-electron chi connectivity index (χ3n) is 3.98. The molecule has 0 aromatic heterocycles. The zero-order valence-electron chi connectivity index (χ0n) is 15.6. The highest BCUT2D eigenvalue weighted by molar-refractivity contribution is 5.99. The number of non-ortho nitro benzene ring substituents is 1. The lowest BCUT2D eigenvalue weighted by Crippen LogP contribution is -2.54. The maximum atomic E-state index is 13.0. The zero-order valence-corrected chi connectivity index (χ0v) is 15.6. The maximum Gasteiger partial charge on any atom is 0.269 e. The van der Waals surface area contributed by atoms with E-state index < -0.39 is 34.5 Å². The number of carbonyl (C=O) groups excluding carboxylic acids is 3. The number of rotatable bonds is 6. The van der Waals surface area contributed by atoms with Gasteiger partial charge >= 0.3 is 0 Å². The minimum Gasteiger partial charge on any atom is -0.340 e. The lowest BCUT2D eigenvalue weighted by atomic mass is 10.0. The predicted octanol–water partition coefficient (Wildman–Crippen LogP) is 1.95. The standard InChI is InChI=1S/C19H19FN4O5/c1-11(2)16(21-17(25)12-3-7-14(20)8-4-12)19(27)23-22-18(26)13-5-9-15(10-6-13)24(28)29/h3-11,16H,1-2H3,(H,21,25)(H,22,26)(H,23,27)/t16-/m0/s1. The van der Waals surface area contributed by atoms with E-state index >= 15 is 0 Å². The topological polar surface area (TPSA) is 130 Å². The van der Waals surface area contributed by atoms with Gasteiger partial charge in [0.1, 0.15) is 11.9 Å². The first-order valence-electron chi connectivity index (χ1n) is 8.60. The predicted molar refractivity (Wildman–Crippen MR) is 101 cm³/mol. The number of hydrazine groups is 1. The average Bonchev–Trinajstić information content (AvgIpc) is 2.70. The Hall–Kier alpha value is -3.82. The number of carbonyl (C=O) groups is 3. The smallest absolute Gasteiger partial charge is 0.269 e. The second kappa shape index (κ2) is 9.40. The third-order valence-corrected chi connectivity index (χ3v) is 3.98. The van der Waals surface area contributed by atoms with Crippen LogP contribution in [0.1, 0.15) is 34.6 Å². The fourth-order valence-corrected chi connectivity index (χ4v) is 2.36. The van der Waals surface area contributed by atoms with Crippen molar-refractivity contribution in [2.24, 2.45) is 5.92 Å². The largest absolute Gasteiger partial charge is 0.340 e. The molecular formula is C19H19FN4O5. The van der Waals surface area contributed by atoms with Crippen LogP contribution in [0.15, 0.2) is 48.5 Å². The molecule has 0 unspecified atom stereocenters. The van der Waals surface area contributed by atoms with E-state index in [4.69, 9.17) is 0 Å². The van der Waals surface area contributed by atoms with Gasteiger partial charge in [-0.3, -0.25) is 35.3 Å². The van der Waals surface area contributed by atoms with E-state index in [0.717, 1.165) is 24.3 Å². The first-order valence-corrected chi connectivity index (χ1v) is 8.60. The molecule has 0 bridgehead atoms. The Balaban J connectivity index is 1.98. The van der Waals surface area contributed by atoms with Gasteiger partial charge < -0.3 is 5.32 Å². The average molecular weight is 402 g/mol. The van der Waals surface area contributed by atoms with E-state index in [-0.39, 0.29) is 22.7 Å². The van der Waals surface area contributed by atoms with Crippen LogP contribution in [0.5, 0.6) is 0 Å². The first kappa shape index (κ1) is 21.5. The number of nitro groups is 1. The van der Waals surface area contributed by atoms with Gasteiger partial charge in [-0.1, -0.05) is 13.8 Å². The highest BCUT2D eigenvalue weighted by Gasteiger charge is 2.25. The zero-order chi connectivity index (χ0) is 21.6. The molecule has 3 amide bonds. The molecule has 0 radical (unpaired) electrons. The molecule has 10 heteroatoms. The molecule has 3 N–H and O–H groups in total. The van der Waals surface area contributed by atoms with Crippen molar-refractivity contribution in [3.63, 3.8) is 0 Å². The highest BCUT2D eigenvalue weighted by Crippen LogP contribution is 2.11. The molecule has 0 spiro atoms. The number of benzene rings is 2. The molecule has 0 aliphatic rings. The summed E-state index contributed by atoms with van der Waals surface area (Å²) in [6.07, 6.45) is 0. The molecule has 9 nitrogen and oxygen atoms in total. The number of nitrogens with one attached hydrogen (secondary N) is 3. The van der Waals surface area contributed by atoms with Crippen molar-refractivity contribution in [3.05, 3.63) is 75.6 Å². The summed E-state index contributed by atoms with van der Waals surface area (Å²) < 4.78 is 13.0. The van der Waals surface area contributed by atoms with Crippen molar-refractivity contribution in [3.8, 4) is 0 Å². The summed E-state index contributed by atoms with van der Waals surface area (Å²) in [5, 5.41) is 13.2. The highest BCUT2D eigenvalue weighted by atomic mass is 19.1. The van der Waals surface area contributed by atoms with E-state index in [1.807, 2.05) is 0 Å². The fourth-order valence-electron chi connectivity index (χ4n) is 2.36. The van der Waals surface area contributed by atoms with Crippen molar-refractivity contribution < 1.29 is 23.7 Å². The minimum atomic E-state index is -0.968. The molecule has 0 saturated heterocycles. The van der Waals surface area contributed by atoms with E-state index in [9.17, 15) is 28.9 Å². The number of halogens is 1. The lowest BCUT2D eigenvalue weighted by molar-refractivity contribution is -0.384. The van der Waals surface area contributed by atoms with E-state index in [1.54, 1.807) is 13.8 Å². The second-order valence-electron chi connectivity index (χ2n) is 6.45. The van der Waals surface area contributed by atoms with Gasteiger partial charge in [0.2, 0.25) is 0 Å². The molecule has 0 saturated carbocycles. The third kappa shape index (κ3) is 5.83. The fraction of sp³-hybridized carbons (Fsp3) is 0.211. The molecule has 29 heavy (non-hydrogen) atoms.